The average Bonchev–Trinajstić information content (AvgIpc) is 3.91. The van der Waals surface area contributed by atoms with Crippen molar-refractivity contribution >= 4 is 44.7 Å². The smallest absolute Gasteiger partial charge is 0.147 e. The lowest BCUT2D eigenvalue weighted by Gasteiger charge is -2.34. The summed E-state index contributed by atoms with van der Waals surface area (Å²) < 4.78 is 19.6. The van der Waals surface area contributed by atoms with Crippen LogP contribution in [0.1, 0.15) is 96.3 Å². The van der Waals surface area contributed by atoms with Gasteiger partial charge < -0.3 is 18.9 Å². The molecule has 2 aromatic heterocycles. The van der Waals surface area contributed by atoms with E-state index in [1.165, 1.54) is 44.2 Å². The molecule has 0 aliphatic carbocycles. The van der Waals surface area contributed by atoms with Crippen LogP contribution in [-0.4, -0.2) is 68.2 Å². The van der Waals surface area contributed by atoms with Crippen molar-refractivity contribution < 1.29 is 4.39 Å². The van der Waals surface area contributed by atoms with Gasteiger partial charge in [-0.25, -0.2) is 14.4 Å². The summed E-state index contributed by atoms with van der Waals surface area (Å²) in [6, 6.07) is 59.2. The van der Waals surface area contributed by atoms with Crippen LogP contribution in [0.15, 0.2) is 164 Å². The molecule has 1 atom stereocenters. The van der Waals surface area contributed by atoms with Crippen molar-refractivity contribution in [3.8, 4) is 0 Å². The Bertz CT molecular complexity index is 2630. The van der Waals surface area contributed by atoms with Crippen molar-refractivity contribution in [2.24, 2.45) is 0 Å². The number of hydrogen-bond acceptors (Lipinski definition) is 4. The number of aromatic nitrogens is 4. The zero-order valence-electron chi connectivity index (χ0n) is 37.0. The van der Waals surface area contributed by atoms with E-state index in [1.807, 2.05) is 18.2 Å². The van der Waals surface area contributed by atoms with Crippen molar-refractivity contribution in [2.75, 3.05) is 39.3 Å². The average molecular weight is 958 g/mol. The van der Waals surface area contributed by atoms with Gasteiger partial charge in [-0.3, -0.25) is 0 Å². The van der Waals surface area contributed by atoms with Crippen LogP contribution in [0, 0.1) is 10.5 Å². The van der Waals surface area contributed by atoms with Gasteiger partial charge in [-0.2, -0.15) is 0 Å². The van der Waals surface area contributed by atoms with Crippen LogP contribution in [0.3, 0.4) is 0 Å². The summed E-state index contributed by atoms with van der Waals surface area (Å²) in [4.78, 5) is 14.5. The number of benzene rings is 6. The van der Waals surface area contributed by atoms with Gasteiger partial charge >= 0.3 is 0 Å². The Hall–Kier alpha value is -5.16. The number of fused-ring (bicyclic) bond motifs is 2. The molecule has 64 heavy (non-hydrogen) atoms. The highest BCUT2D eigenvalue weighted by atomic mass is 123. The van der Waals surface area contributed by atoms with Gasteiger partial charge in [-0.05, 0) is 140 Å². The molecule has 6 nitrogen and oxygen atoms in total. The molecule has 0 amide bonds. The van der Waals surface area contributed by atoms with E-state index in [2.05, 4.69) is 199 Å². The van der Waals surface area contributed by atoms with Gasteiger partial charge in [0, 0.05) is 53.7 Å². The van der Waals surface area contributed by atoms with E-state index in [4.69, 9.17) is 4.98 Å². The lowest BCUT2D eigenvalue weighted by molar-refractivity contribution is 0.182. The summed E-state index contributed by atoms with van der Waals surface area (Å²) in [5, 5.41) is 0. The fourth-order valence-electron chi connectivity index (χ4n) is 10.5. The van der Waals surface area contributed by atoms with E-state index in [0.717, 1.165) is 87.3 Å². The fourth-order valence-corrected chi connectivity index (χ4v) is 10.8. The molecule has 8 heteroatoms. The topological polar surface area (TPSA) is 42.1 Å². The van der Waals surface area contributed by atoms with E-state index in [0.29, 0.717) is 29.7 Å². The number of imidazole rings is 2. The highest BCUT2D eigenvalue weighted by Crippen LogP contribution is 2.34. The van der Waals surface area contributed by atoms with Gasteiger partial charge in [0.05, 0.1) is 22.1 Å². The Morgan fingerprint density at radius 1 is 0.500 bits per heavy atom. The molecule has 2 aliphatic heterocycles. The third-order valence-corrected chi connectivity index (χ3v) is 14.5. The van der Waals surface area contributed by atoms with Crippen LogP contribution in [0.25, 0.3) is 22.1 Å². The van der Waals surface area contributed by atoms with Gasteiger partial charge in [0.1, 0.15) is 18.3 Å². The molecular formula is C56H60FIN6. The minimum absolute atomic E-state index is 0.323. The van der Waals surface area contributed by atoms with Gasteiger partial charge in [0.25, 0.3) is 0 Å². The summed E-state index contributed by atoms with van der Waals surface area (Å²) in [5.41, 5.74) is 9.97. The number of nitrogens with zero attached hydrogens (tertiary/aromatic N) is 6. The molecule has 0 bridgehead atoms. The third kappa shape index (κ3) is 10.4. The molecule has 328 valence electrons. The summed E-state index contributed by atoms with van der Waals surface area (Å²) in [5.74, 6) is 2.57. The molecule has 0 N–H and O–H groups in total. The van der Waals surface area contributed by atoms with E-state index in [9.17, 15) is 4.39 Å². The quantitative estimate of drug-likeness (QED) is 0.108. The van der Waals surface area contributed by atoms with Crippen LogP contribution in [0.2, 0.25) is 0 Å². The summed E-state index contributed by atoms with van der Waals surface area (Å²) in [6.45, 7) is 8.25. The molecule has 1 unspecified atom stereocenters. The van der Waals surface area contributed by atoms with Gasteiger partial charge in [0.2, 0.25) is 0 Å². The second-order valence-electron chi connectivity index (χ2n) is 17.6. The Balaban J connectivity index is 0.000000162. The first kappa shape index (κ1) is 44.1. The number of likely N-dealkylation sites (tertiary alicyclic amines) is 2. The number of halogens is 2. The second-order valence-corrected chi connectivity index (χ2v) is 18.9. The van der Waals surface area contributed by atoms with Crippen LogP contribution in [-0.2, 0) is 6.67 Å². The summed E-state index contributed by atoms with van der Waals surface area (Å²) in [6.07, 6.45) is 6.72. The largest absolute Gasteiger partial charge is 0.325 e. The lowest BCUT2D eigenvalue weighted by atomic mass is 9.88. The number of para-hydroxylation sites is 4. The Labute approximate surface area is 392 Å². The summed E-state index contributed by atoms with van der Waals surface area (Å²) in [7, 11) is 0. The molecule has 0 saturated carbocycles. The van der Waals surface area contributed by atoms with Gasteiger partial charge in [-0.1, -0.05) is 127 Å². The normalized spacial score (nSPS) is 16.0. The molecule has 2 aliphatic rings. The van der Waals surface area contributed by atoms with E-state index in [1.54, 1.807) is 0 Å². The second kappa shape index (κ2) is 21.2. The molecule has 8 aromatic rings. The number of aryl methyl sites for hydroxylation is 1. The minimum Gasteiger partial charge on any atom is -0.325 e. The maximum atomic E-state index is 13.7. The maximum absolute atomic E-state index is 13.7. The monoisotopic (exact) mass is 957 g/mol. The van der Waals surface area contributed by atoms with E-state index >= 15 is 0 Å². The van der Waals surface area contributed by atoms with Crippen LogP contribution >= 0.6 is 22.6 Å². The summed E-state index contributed by atoms with van der Waals surface area (Å²) >= 11 is 2.39. The van der Waals surface area contributed by atoms with E-state index < -0.39 is 6.67 Å². The molecular weight excluding hydrogens is 898 g/mol. The van der Waals surface area contributed by atoms with Crippen molar-refractivity contribution in [1.29, 1.82) is 0 Å². The third-order valence-electron chi connectivity index (χ3n) is 13.8. The fraction of sp³-hybridized carbons (Fsp3) is 0.321. The molecule has 2 fully saturated rings. The Kier molecular flexibility index (Phi) is 14.6. The van der Waals surface area contributed by atoms with Crippen molar-refractivity contribution in [1.82, 2.24) is 28.9 Å². The highest BCUT2D eigenvalue weighted by Gasteiger charge is 2.27. The van der Waals surface area contributed by atoms with Crippen molar-refractivity contribution in [2.45, 2.75) is 76.0 Å². The Morgan fingerprint density at radius 3 is 1.36 bits per heavy atom. The van der Waals surface area contributed by atoms with Gasteiger partial charge in [0.15, 0.2) is 0 Å². The van der Waals surface area contributed by atoms with Crippen molar-refractivity contribution in [3.05, 3.63) is 201 Å². The molecule has 10 rings (SSSR count). The molecule has 0 radical (unpaired) electrons. The standard InChI is InChI=1S/C28H30FN3.C28H30IN3/c29-21-28-30-26-13-7-8-14-27(26)32(28)24-15-18-31(19-16-24)20-17-25(22-9-3-1-4-10-22)23-11-5-2-6-12-23;1-21-30-27-9-5-6-10-28(27)32(21)25-15-18-31(19-16-25)20-17-26(22-7-3-2-4-8-22)23-11-13-24(29)14-12-23/h1-14,24-25H,15-21H2;2-14,25-26H,15-20H2,1H3/i29-1;29-4. The van der Waals surface area contributed by atoms with Gasteiger partial charge in [-0.15, -0.1) is 0 Å². The number of piperidine rings is 2. The maximum Gasteiger partial charge on any atom is 0.147 e. The number of alkyl halides is 1. The first-order valence-corrected chi connectivity index (χ1v) is 24.4. The first-order valence-electron chi connectivity index (χ1n) is 23.3. The zero-order chi connectivity index (χ0) is 43.7. The predicted molar refractivity (Wildman–Crippen MR) is 270 cm³/mol. The molecule has 6 aromatic carbocycles. The number of hydrogen-bond donors (Lipinski definition) is 0. The lowest BCUT2D eigenvalue weighted by Crippen LogP contribution is -2.36. The van der Waals surface area contributed by atoms with E-state index in [-0.39, 0.29) is 0 Å². The zero-order valence-corrected chi connectivity index (χ0v) is 39.2. The molecule has 0 spiro atoms. The van der Waals surface area contributed by atoms with Crippen LogP contribution in [0.5, 0.6) is 0 Å². The highest BCUT2D eigenvalue weighted by molar-refractivity contribution is 14.1. The number of rotatable bonds is 13. The Morgan fingerprint density at radius 2 is 0.891 bits per heavy atom. The molecule has 2 saturated heterocycles. The van der Waals surface area contributed by atoms with Crippen molar-refractivity contribution in [3.63, 3.8) is 0 Å². The SMILES string of the molecule is Cc1nc2ccccc2n1C1CCN(CCC(c2ccccc2)c2ccc([123I])cc2)CC1.[18F]Cc1nc2ccccc2n1C1CCN(CCC(c2ccccc2)c2ccccc2)CC1. The van der Waals surface area contributed by atoms with Crippen LogP contribution in [0.4, 0.5) is 4.39 Å². The predicted octanol–water partition coefficient (Wildman–Crippen LogP) is 13.2. The first-order chi connectivity index (χ1) is 31.5. The van der Waals surface area contributed by atoms with Crippen LogP contribution < -0.4 is 0 Å². The molecule has 4 heterocycles. The minimum atomic E-state index is -0.509.